The highest BCUT2D eigenvalue weighted by Crippen LogP contribution is 2.49. The molecule has 0 radical (unpaired) electrons. The van der Waals surface area contributed by atoms with E-state index in [1.807, 2.05) is 0 Å². The van der Waals surface area contributed by atoms with E-state index in [0.717, 1.165) is 31.7 Å². The van der Waals surface area contributed by atoms with Crippen LogP contribution in [0.2, 0.25) is 0 Å². The third kappa shape index (κ3) is 3.03. The fraction of sp³-hybridized carbons (Fsp3) is 1.00. The molecular weight excluding hydrogens is 210 g/mol. The van der Waals surface area contributed by atoms with Crippen LogP contribution in [0.1, 0.15) is 71.1 Å². The van der Waals surface area contributed by atoms with E-state index >= 15 is 0 Å². The van der Waals surface area contributed by atoms with E-state index in [4.69, 9.17) is 5.73 Å². The van der Waals surface area contributed by atoms with Crippen LogP contribution in [-0.2, 0) is 0 Å². The summed E-state index contributed by atoms with van der Waals surface area (Å²) in [4.78, 5) is 0. The summed E-state index contributed by atoms with van der Waals surface area (Å²) in [5.41, 5.74) is 5.92. The quantitative estimate of drug-likeness (QED) is 0.791. The van der Waals surface area contributed by atoms with E-state index in [2.05, 4.69) is 6.92 Å². The Balaban J connectivity index is 1.99. The van der Waals surface area contributed by atoms with Crippen LogP contribution in [0.3, 0.4) is 0 Å². The molecule has 2 saturated carbocycles. The van der Waals surface area contributed by atoms with Gasteiger partial charge in [-0.3, -0.25) is 0 Å². The topological polar surface area (TPSA) is 46.2 Å². The Morgan fingerprint density at radius 2 is 1.88 bits per heavy atom. The standard InChI is InChI=1S/C15H29NO/c1-2-13-6-9-14(10-13,12-16)11-15(17)7-4-3-5-8-15/h13,17H,2-12,16H2,1H3. The molecule has 3 N–H and O–H groups in total. The van der Waals surface area contributed by atoms with Crippen LogP contribution >= 0.6 is 0 Å². The van der Waals surface area contributed by atoms with Crippen LogP contribution in [0.4, 0.5) is 0 Å². The summed E-state index contributed by atoms with van der Waals surface area (Å²) in [6.45, 7) is 3.05. The SMILES string of the molecule is CCC1CCC(CN)(CC2(O)CCCCC2)C1. The van der Waals surface area contributed by atoms with Gasteiger partial charge in [0, 0.05) is 0 Å². The Hall–Kier alpha value is -0.0800. The van der Waals surface area contributed by atoms with Crippen LogP contribution in [0.15, 0.2) is 0 Å². The lowest BCUT2D eigenvalue weighted by molar-refractivity contribution is -0.0377. The van der Waals surface area contributed by atoms with Crippen molar-refractivity contribution >= 4 is 0 Å². The third-order valence-electron chi connectivity index (χ3n) is 5.30. The molecule has 2 nitrogen and oxygen atoms in total. The minimum atomic E-state index is -0.389. The first-order valence-electron chi connectivity index (χ1n) is 7.54. The number of nitrogens with two attached hydrogens (primary N) is 1. The average molecular weight is 239 g/mol. The van der Waals surface area contributed by atoms with Crippen molar-refractivity contribution in [2.45, 2.75) is 76.7 Å². The fourth-order valence-corrected chi connectivity index (χ4v) is 4.18. The molecule has 0 bridgehead atoms. The molecule has 0 aromatic rings. The second-order valence-electron chi connectivity index (χ2n) is 6.68. The molecule has 0 aromatic heterocycles. The van der Waals surface area contributed by atoms with Gasteiger partial charge in [0.1, 0.15) is 0 Å². The highest BCUT2D eigenvalue weighted by atomic mass is 16.3. The van der Waals surface area contributed by atoms with Crippen molar-refractivity contribution in [3.05, 3.63) is 0 Å². The summed E-state index contributed by atoms with van der Waals surface area (Å²) in [6.07, 6.45) is 11.8. The van der Waals surface area contributed by atoms with Gasteiger partial charge in [0.25, 0.3) is 0 Å². The van der Waals surface area contributed by atoms with Crippen molar-refractivity contribution in [1.82, 2.24) is 0 Å². The third-order valence-corrected chi connectivity index (χ3v) is 5.30. The van der Waals surface area contributed by atoms with Crippen LogP contribution in [0.5, 0.6) is 0 Å². The minimum Gasteiger partial charge on any atom is -0.390 e. The van der Waals surface area contributed by atoms with E-state index in [1.165, 1.54) is 44.9 Å². The summed E-state index contributed by atoms with van der Waals surface area (Å²) in [5.74, 6) is 0.853. The monoisotopic (exact) mass is 239 g/mol. The van der Waals surface area contributed by atoms with Gasteiger partial charge in [-0.25, -0.2) is 0 Å². The molecule has 2 fully saturated rings. The number of rotatable bonds is 4. The Bertz CT molecular complexity index is 247. The first kappa shape index (κ1) is 13.4. The summed E-state index contributed by atoms with van der Waals surface area (Å²) < 4.78 is 0. The summed E-state index contributed by atoms with van der Waals surface area (Å²) >= 11 is 0. The molecule has 0 saturated heterocycles. The zero-order chi connectivity index (χ0) is 12.4. The molecule has 2 rings (SSSR count). The molecule has 2 heteroatoms. The molecule has 2 unspecified atom stereocenters. The smallest absolute Gasteiger partial charge is 0.0653 e. The van der Waals surface area contributed by atoms with Crippen LogP contribution < -0.4 is 5.73 Å². The first-order valence-corrected chi connectivity index (χ1v) is 7.54. The minimum absolute atomic E-state index is 0.257. The molecule has 2 aliphatic carbocycles. The van der Waals surface area contributed by atoms with Crippen LogP contribution in [0, 0.1) is 11.3 Å². The molecule has 17 heavy (non-hydrogen) atoms. The van der Waals surface area contributed by atoms with Gasteiger partial charge in [-0.2, -0.15) is 0 Å². The van der Waals surface area contributed by atoms with Gasteiger partial charge in [-0.05, 0) is 56.4 Å². The van der Waals surface area contributed by atoms with E-state index in [1.54, 1.807) is 0 Å². The maximum absolute atomic E-state index is 10.7. The van der Waals surface area contributed by atoms with Crippen LogP contribution in [0.25, 0.3) is 0 Å². The summed E-state index contributed by atoms with van der Waals surface area (Å²) in [6, 6.07) is 0. The molecule has 0 spiro atoms. The molecule has 0 amide bonds. The number of hydrogen-bond donors (Lipinski definition) is 2. The Morgan fingerprint density at radius 1 is 1.18 bits per heavy atom. The zero-order valence-electron chi connectivity index (χ0n) is 11.4. The average Bonchev–Trinajstić information content (AvgIpc) is 2.73. The highest BCUT2D eigenvalue weighted by Gasteiger charge is 2.43. The zero-order valence-corrected chi connectivity index (χ0v) is 11.4. The molecule has 100 valence electrons. The van der Waals surface area contributed by atoms with Gasteiger partial charge < -0.3 is 10.8 Å². The maximum Gasteiger partial charge on any atom is 0.0653 e. The molecule has 2 aliphatic rings. The van der Waals surface area contributed by atoms with Crippen molar-refractivity contribution in [1.29, 1.82) is 0 Å². The van der Waals surface area contributed by atoms with Crippen molar-refractivity contribution in [3.8, 4) is 0 Å². The van der Waals surface area contributed by atoms with Gasteiger partial charge in [0.15, 0.2) is 0 Å². The van der Waals surface area contributed by atoms with Crippen molar-refractivity contribution in [2.24, 2.45) is 17.1 Å². The van der Waals surface area contributed by atoms with Gasteiger partial charge in [0.2, 0.25) is 0 Å². The van der Waals surface area contributed by atoms with E-state index in [-0.39, 0.29) is 11.0 Å². The molecule has 0 aliphatic heterocycles. The highest BCUT2D eigenvalue weighted by molar-refractivity contribution is 4.96. The predicted molar refractivity (Wildman–Crippen MR) is 71.8 cm³/mol. The number of hydrogen-bond acceptors (Lipinski definition) is 2. The van der Waals surface area contributed by atoms with Gasteiger partial charge in [-0.1, -0.05) is 32.6 Å². The van der Waals surface area contributed by atoms with Crippen LogP contribution in [-0.4, -0.2) is 17.3 Å². The second-order valence-corrected chi connectivity index (χ2v) is 6.68. The van der Waals surface area contributed by atoms with Gasteiger partial charge >= 0.3 is 0 Å². The Kier molecular flexibility index (Phi) is 4.14. The Morgan fingerprint density at radius 3 is 2.41 bits per heavy atom. The van der Waals surface area contributed by atoms with Crippen molar-refractivity contribution < 1.29 is 5.11 Å². The summed E-state index contributed by atoms with van der Waals surface area (Å²) in [5, 5.41) is 10.7. The van der Waals surface area contributed by atoms with Gasteiger partial charge in [0.05, 0.1) is 5.60 Å². The largest absolute Gasteiger partial charge is 0.390 e. The lowest BCUT2D eigenvalue weighted by Crippen LogP contribution is -2.41. The molecular formula is C15H29NO. The fourth-order valence-electron chi connectivity index (χ4n) is 4.18. The van der Waals surface area contributed by atoms with Gasteiger partial charge in [-0.15, -0.1) is 0 Å². The van der Waals surface area contributed by atoms with E-state index in [9.17, 15) is 5.11 Å². The van der Waals surface area contributed by atoms with E-state index < -0.39 is 0 Å². The normalized spacial score (nSPS) is 37.2. The number of aliphatic hydroxyl groups is 1. The summed E-state index contributed by atoms with van der Waals surface area (Å²) in [7, 11) is 0. The molecule has 2 atom stereocenters. The van der Waals surface area contributed by atoms with E-state index in [0.29, 0.717) is 0 Å². The first-order chi connectivity index (χ1) is 8.11. The van der Waals surface area contributed by atoms with Crippen molar-refractivity contribution in [2.75, 3.05) is 6.54 Å². The lowest BCUT2D eigenvalue weighted by atomic mass is 9.70. The lowest BCUT2D eigenvalue weighted by Gasteiger charge is -2.40. The molecule has 0 heterocycles. The van der Waals surface area contributed by atoms with Crippen molar-refractivity contribution in [3.63, 3.8) is 0 Å². The molecule has 0 aromatic carbocycles. The predicted octanol–water partition coefficient (Wildman–Crippen LogP) is 3.23. The maximum atomic E-state index is 10.7. The second kappa shape index (κ2) is 5.27. The Labute approximate surface area is 106 Å².